The summed E-state index contributed by atoms with van der Waals surface area (Å²) >= 11 is 0. The second kappa shape index (κ2) is 9.79. The zero-order chi connectivity index (χ0) is 20.1. The minimum absolute atomic E-state index is 0. The van der Waals surface area contributed by atoms with Gasteiger partial charge in [-0.05, 0) is 54.1 Å². The first-order chi connectivity index (χ1) is 13.3. The molecule has 0 unspecified atom stereocenters. The van der Waals surface area contributed by atoms with Gasteiger partial charge in [0.15, 0.2) is 0 Å². The van der Waals surface area contributed by atoms with Gasteiger partial charge in [-0.3, -0.25) is 4.72 Å². The predicted octanol–water partition coefficient (Wildman–Crippen LogP) is 1.35. The number of aromatic nitrogens is 1. The Morgan fingerprint density at radius 2 is 1.62 bits per heavy atom. The maximum atomic E-state index is 12.3. The van der Waals surface area contributed by atoms with E-state index in [1.165, 1.54) is 42.6 Å². The van der Waals surface area contributed by atoms with Crippen LogP contribution >= 0.6 is 0 Å². The molecule has 0 amide bonds. The molecule has 2 aromatic carbocycles. The van der Waals surface area contributed by atoms with Crippen molar-refractivity contribution in [2.75, 3.05) is 4.72 Å². The van der Waals surface area contributed by atoms with E-state index in [4.69, 9.17) is 0 Å². The van der Waals surface area contributed by atoms with Crippen LogP contribution in [0.3, 0.4) is 0 Å². The maximum absolute atomic E-state index is 12.3. The molecule has 0 aliphatic rings. The fourth-order valence-electron chi connectivity index (χ4n) is 2.17. The Morgan fingerprint density at radius 1 is 0.966 bits per heavy atom. The first-order valence-electron chi connectivity index (χ1n) is 7.83. The van der Waals surface area contributed by atoms with Crippen molar-refractivity contribution in [1.82, 2.24) is 4.98 Å². The summed E-state index contributed by atoms with van der Waals surface area (Å²) in [5, 5.41) is 30.0. The van der Waals surface area contributed by atoms with Gasteiger partial charge in [-0.2, -0.15) is 10.2 Å². The van der Waals surface area contributed by atoms with Gasteiger partial charge in [0, 0.05) is 6.20 Å². The van der Waals surface area contributed by atoms with Crippen LogP contribution in [-0.2, 0) is 10.0 Å². The van der Waals surface area contributed by atoms with Gasteiger partial charge in [0.25, 0.3) is 10.0 Å². The number of hydrogen-bond acceptors (Lipinski definition) is 8. The van der Waals surface area contributed by atoms with Crippen LogP contribution in [0.2, 0.25) is 0 Å². The Bertz CT molecular complexity index is 1140. The SMILES string of the molecule is O=C([O-])c1cc(N=Nc2ccc(S(=O)(=O)Nc3ccccn3)cc2)ccc1[O-].[Ca+2]. The van der Waals surface area contributed by atoms with E-state index in [2.05, 4.69) is 19.9 Å². The van der Waals surface area contributed by atoms with Gasteiger partial charge in [0.05, 0.1) is 22.2 Å². The van der Waals surface area contributed by atoms with Gasteiger partial charge >= 0.3 is 37.7 Å². The molecule has 1 heterocycles. The van der Waals surface area contributed by atoms with Crippen LogP contribution in [0.15, 0.2) is 82.0 Å². The summed E-state index contributed by atoms with van der Waals surface area (Å²) in [5.74, 6) is -2.09. The number of azo groups is 1. The van der Waals surface area contributed by atoms with Crippen LogP contribution in [0.4, 0.5) is 17.2 Å². The van der Waals surface area contributed by atoms with E-state index in [1.54, 1.807) is 12.1 Å². The fourth-order valence-corrected chi connectivity index (χ4v) is 3.18. The van der Waals surface area contributed by atoms with Crippen molar-refractivity contribution in [1.29, 1.82) is 0 Å². The van der Waals surface area contributed by atoms with Crippen LogP contribution in [0, 0.1) is 0 Å². The van der Waals surface area contributed by atoms with Crippen molar-refractivity contribution < 1.29 is 23.4 Å². The molecule has 3 aromatic rings. The molecule has 0 aliphatic carbocycles. The molecule has 0 saturated carbocycles. The fraction of sp³-hybridized carbons (Fsp3) is 0. The number of nitrogens with zero attached hydrogens (tertiary/aromatic N) is 3. The molecule has 0 saturated heterocycles. The number of nitrogens with one attached hydrogen (secondary N) is 1. The molecule has 0 atom stereocenters. The minimum Gasteiger partial charge on any atom is -0.872 e. The number of hydrogen-bond donors (Lipinski definition) is 1. The molecule has 0 bridgehead atoms. The normalized spacial score (nSPS) is 11.0. The van der Waals surface area contributed by atoms with E-state index in [0.29, 0.717) is 5.69 Å². The van der Waals surface area contributed by atoms with Crippen molar-refractivity contribution >= 4 is 70.9 Å². The number of rotatable bonds is 6. The van der Waals surface area contributed by atoms with Crippen molar-refractivity contribution in [3.63, 3.8) is 0 Å². The van der Waals surface area contributed by atoms with Crippen LogP contribution < -0.4 is 14.9 Å². The molecule has 9 nitrogen and oxygen atoms in total. The number of benzene rings is 2. The van der Waals surface area contributed by atoms with Crippen LogP contribution in [0.1, 0.15) is 10.4 Å². The number of aromatic carboxylic acids is 1. The summed E-state index contributed by atoms with van der Waals surface area (Å²) in [4.78, 5) is 14.8. The Kier molecular flexibility index (Phi) is 7.68. The number of pyridine rings is 1. The molecular formula is C18H12CaN4O5S. The van der Waals surface area contributed by atoms with E-state index in [0.717, 1.165) is 12.1 Å². The molecule has 142 valence electrons. The first-order valence-corrected chi connectivity index (χ1v) is 9.31. The summed E-state index contributed by atoms with van der Waals surface area (Å²) in [6, 6.07) is 13.8. The van der Waals surface area contributed by atoms with Crippen molar-refractivity contribution in [3.05, 3.63) is 72.4 Å². The number of sulfonamides is 1. The third-order valence-corrected chi connectivity index (χ3v) is 4.89. The molecule has 29 heavy (non-hydrogen) atoms. The van der Waals surface area contributed by atoms with Crippen LogP contribution in [0.25, 0.3) is 0 Å². The van der Waals surface area contributed by atoms with E-state index >= 15 is 0 Å². The summed E-state index contributed by atoms with van der Waals surface area (Å²) in [5.41, 5.74) is -0.0382. The molecular weight excluding hydrogens is 424 g/mol. The molecule has 0 spiro atoms. The third kappa shape index (κ3) is 5.97. The van der Waals surface area contributed by atoms with Crippen LogP contribution in [-0.4, -0.2) is 57.1 Å². The number of carbonyl (C=O) groups is 1. The topological polar surface area (TPSA) is 147 Å². The van der Waals surface area contributed by atoms with Crippen LogP contribution in [0.5, 0.6) is 5.75 Å². The first kappa shape index (κ1) is 22.8. The van der Waals surface area contributed by atoms with Crippen molar-refractivity contribution in [2.45, 2.75) is 4.90 Å². The van der Waals surface area contributed by atoms with Gasteiger partial charge in [-0.25, -0.2) is 13.4 Å². The average molecular weight is 436 g/mol. The monoisotopic (exact) mass is 436 g/mol. The Hall–Kier alpha value is -2.53. The second-order valence-electron chi connectivity index (χ2n) is 5.48. The van der Waals surface area contributed by atoms with E-state index < -0.39 is 27.3 Å². The van der Waals surface area contributed by atoms with Gasteiger partial charge in [0.1, 0.15) is 5.82 Å². The molecule has 0 fully saturated rings. The summed E-state index contributed by atoms with van der Waals surface area (Å²) in [6.07, 6.45) is 1.46. The van der Waals surface area contributed by atoms with Gasteiger partial charge < -0.3 is 15.0 Å². The summed E-state index contributed by atoms with van der Waals surface area (Å²) in [7, 11) is -3.81. The van der Waals surface area contributed by atoms with Gasteiger partial charge in [-0.15, -0.1) is 0 Å². The largest absolute Gasteiger partial charge is 2.00 e. The smallest absolute Gasteiger partial charge is 0.872 e. The standard InChI is InChI=1S/C18H14N4O5S.Ca/c23-16-9-6-13(11-15(16)18(24)25)21-20-12-4-7-14(8-5-12)28(26,27)22-17-3-1-2-10-19-17;/h1-11,23H,(H,19,22)(H,24,25);/q;+2/p-2. The molecule has 11 heteroatoms. The molecule has 0 aliphatic heterocycles. The van der Waals surface area contributed by atoms with E-state index in [9.17, 15) is 23.4 Å². The summed E-state index contributed by atoms with van der Waals surface area (Å²) < 4.78 is 27.0. The average Bonchev–Trinajstić information content (AvgIpc) is 2.68. The third-order valence-electron chi connectivity index (χ3n) is 3.51. The predicted molar refractivity (Wildman–Crippen MR) is 102 cm³/mol. The van der Waals surface area contributed by atoms with Crippen molar-refractivity contribution in [3.8, 4) is 5.75 Å². The molecule has 3 rings (SSSR count). The Labute approximate surface area is 196 Å². The maximum Gasteiger partial charge on any atom is 2.00 e. The molecule has 0 radical (unpaired) electrons. The van der Waals surface area contributed by atoms with Gasteiger partial charge in [0.2, 0.25) is 0 Å². The minimum atomic E-state index is -3.81. The molecule has 1 aromatic heterocycles. The Morgan fingerprint density at radius 3 is 2.24 bits per heavy atom. The van der Waals surface area contributed by atoms with E-state index in [-0.39, 0.29) is 54.1 Å². The second-order valence-corrected chi connectivity index (χ2v) is 7.16. The number of carbonyl (C=O) groups excluding carboxylic acids is 1. The van der Waals surface area contributed by atoms with Crippen molar-refractivity contribution in [2.24, 2.45) is 10.2 Å². The molecule has 1 N–H and O–H groups in total. The van der Waals surface area contributed by atoms with Gasteiger partial charge in [-0.1, -0.05) is 17.9 Å². The quantitative estimate of drug-likeness (QED) is 0.456. The zero-order valence-corrected chi connectivity index (χ0v) is 17.9. The van der Waals surface area contributed by atoms with E-state index in [1.807, 2.05) is 0 Å². The number of anilines is 1. The number of carboxylic acids is 1. The zero-order valence-electron chi connectivity index (χ0n) is 14.8. The number of carboxylic acid groups (broad SMARTS) is 1. The Balaban J connectivity index is 0.00000300. The summed E-state index contributed by atoms with van der Waals surface area (Å²) in [6.45, 7) is 0.